The smallest absolute Gasteiger partial charge is 0.407 e. The minimum atomic E-state index is -0.596. The number of amides is 3. The van der Waals surface area contributed by atoms with Crippen molar-refractivity contribution in [1.29, 1.82) is 0 Å². The van der Waals surface area contributed by atoms with E-state index in [0.29, 0.717) is 17.1 Å². The van der Waals surface area contributed by atoms with Crippen LogP contribution in [0.25, 0.3) is 0 Å². The van der Waals surface area contributed by atoms with Crippen LogP contribution in [0.2, 0.25) is 0 Å². The summed E-state index contributed by atoms with van der Waals surface area (Å²) in [5.74, 6) is 0.108. The summed E-state index contributed by atoms with van der Waals surface area (Å²) in [7, 11) is 0. The van der Waals surface area contributed by atoms with Gasteiger partial charge in [-0.2, -0.15) is 0 Å². The molecule has 2 rings (SSSR count). The van der Waals surface area contributed by atoms with Gasteiger partial charge < -0.3 is 25.4 Å². The molecule has 0 fully saturated rings. The monoisotopic (exact) mass is 441 g/mol. The quantitative estimate of drug-likeness (QED) is 0.543. The van der Waals surface area contributed by atoms with Gasteiger partial charge in [-0.25, -0.2) is 4.79 Å². The van der Waals surface area contributed by atoms with Gasteiger partial charge >= 0.3 is 6.09 Å². The Morgan fingerprint density at radius 2 is 1.56 bits per heavy atom. The molecule has 0 heterocycles. The number of carbonyl (C=O) groups is 3. The summed E-state index contributed by atoms with van der Waals surface area (Å²) in [6, 6.07) is 14.4. The number of alkyl carbamates (subject to hydrolysis) is 1. The topological polar surface area (TPSA) is 106 Å². The third-order valence-electron chi connectivity index (χ3n) is 4.16. The van der Waals surface area contributed by atoms with Crippen LogP contribution in [0, 0.1) is 0 Å². The van der Waals surface area contributed by atoms with Crippen LogP contribution in [-0.4, -0.2) is 36.7 Å². The first-order valence-electron chi connectivity index (χ1n) is 10.5. The predicted molar refractivity (Wildman–Crippen MR) is 124 cm³/mol. The number of para-hydroxylation sites is 1. The summed E-state index contributed by atoms with van der Waals surface area (Å²) in [5.41, 5.74) is 1.50. The van der Waals surface area contributed by atoms with Crippen LogP contribution in [0.15, 0.2) is 48.5 Å². The fourth-order valence-electron chi connectivity index (χ4n) is 2.77. The third-order valence-corrected chi connectivity index (χ3v) is 4.16. The molecule has 0 aromatic heterocycles. The Bertz CT molecular complexity index is 937. The van der Waals surface area contributed by atoms with Gasteiger partial charge in [0, 0.05) is 24.3 Å². The molecule has 0 atom stereocenters. The summed E-state index contributed by atoms with van der Waals surface area (Å²) in [5, 5.41) is 8.03. The van der Waals surface area contributed by atoms with Gasteiger partial charge in [-0.3, -0.25) is 9.59 Å². The Balaban J connectivity index is 1.79. The molecule has 0 aliphatic rings. The fraction of sp³-hybridized carbons (Fsp3) is 0.375. The Morgan fingerprint density at radius 3 is 2.22 bits per heavy atom. The Hall–Kier alpha value is -3.55. The second-order valence-corrected chi connectivity index (χ2v) is 8.11. The average molecular weight is 442 g/mol. The van der Waals surface area contributed by atoms with Crippen molar-refractivity contribution in [3.8, 4) is 5.75 Å². The molecular weight excluding hydrogens is 410 g/mol. The first-order chi connectivity index (χ1) is 15.2. The normalized spacial score (nSPS) is 10.8. The van der Waals surface area contributed by atoms with E-state index < -0.39 is 11.7 Å². The van der Waals surface area contributed by atoms with Gasteiger partial charge in [0.05, 0.1) is 0 Å². The highest BCUT2D eigenvalue weighted by molar-refractivity contribution is 5.94. The number of aryl methyl sites for hydroxylation is 1. The van der Waals surface area contributed by atoms with Crippen molar-refractivity contribution in [3.63, 3.8) is 0 Å². The van der Waals surface area contributed by atoms with Crippen LogP contribution in [0.1, 0.15) is 39.7 Å². The third kappa shape index (κ3) is 9.07. The first-order valence-corrected chi connectivity index (χ1v) is 10.5. The summed E-state index contributed by atoms with van der Waals surface area (Å²) in [6.45, 7) is 7.34. The van der Waals surface area contributed by atoms with Crippen molar-refractivity contribution < 1.29 is 23.9 Å². The van der Waals surface area contributed by atoms with Crippen LogP contribution in [0.3, 0.4) is 0 Å². The molecule has 0 saturated heterocycles. The number of ether oxygens (including phenoxy) is 2. The van der Waals surface area contributed by atoms with Crippen LogP contribution in [-0.2, 0) is 20.7 Å². The van der Waals surface area contributed by atoms with E-state index in [-0.39, 0.29) is 31.4 Å². The first kappa shape index (κ1) is 24.7. The molecule has 0 spiro atoms. The van der Waals surface area contributed by atoms with Gasteiger partial charge in [0.2, 0.25) is 5.91 Å². The van der Waals surface area contributed by atoms with Crippen LogP contribution >= 0.6 is 0 Å². The second-order valence-electron chi connectivity index (χ2n) is 8.11. The van der Waals surface area contributed by atoms with E-state index in [4.69, 9.17) is 9.47 Å². The van der Waals surface area contributed by atoms with Gasteiger partial charge in [0.15, 0.2) is 6.61 Å². The molecular formula is C24H31N3O5. The summed E-state index contributed by atoms with van der Waals surface area (Å²) >= 11 is 0. The number of nitrogens with one attached hydrogen (secondary N) is 3. The summed E-state index contributed by atoms with van der Waals surface area (Å²) < 4.78 is 10.7. The fourth-order valence-corrected chi connectivity index (χ4v) is 2.77. The van der Waals surface area contributed by atoms with Crippen molar-refractivity contribution in [3.05, 3.63) is 54.1 Å². The highest BCUT2D eigenvalue weighted by Gasteiger charge is 2.16. The Kier molecular flexibility index (Phi) is 9.07. The Labute approximate surface area is 188 Å². The van der Waals surface area contributed by atoms with E-state index in [0.717, 1.165) is 12.0 Å². The zero-order valence-corrected chi connectivity index (χ0v) is 19.0. The molecule has 8 heteroatoms. The zero-order valence-electron chi connectivity index (χ0n) is 19.0. The van der Waals surface area contributed by atoms with Crippen molar-refractivity contribution in [2.45, 2.75) is 46.1 Å². The number of carbonyl (C=O) groups excluding carboxylic acids is 3. The lowest BCUT2D eigenvalue weighted by atomic mass is 10.1. The molecule has 0 aliphatic carbocycles. The van der Waals surface area contributed by atoms with Gasteiger partial charge in [-0.15, -0.1) is 0 Å². The van der Waals surface area contributed by atoms with E-state index >= 15 is 0 Å². The molecule has 2 aromatic carbocycles. The van der Waals surface area contributed by atoms with Crippen LogP contribution in [0.4, 0.5) is 16.2 Å². The minimum absolute atomic E-state index is 0.0838. The van der Waals surface area contributed by atoms with E-state index in [1.165, 1.54) is 0 Å². The minimum Gasteiger partial charge on any atom is -0.483 e. The number of rotatable bonds is 9. The van der Waals surface area contributed by atoms with Crippen molar-refractivity contribution in [2.24, 2.45) is 0 Å². The molecule has 2 aromatic rings. The zero-order chi connectivity index (χ0) is 23.6. The van der Waals surface area contributed by atoms with Gasteiger partial charge in [-0.1, -0.05) is 31.2 Å². The lowest BCUT2D eigenvalue weighted by Crippen LogP contribution is -2.34. The highest BCUT2D eigenvalue weighted by atomic mass is 16.6. The summed E-state index contributed by atoms with van der Waals surface area (Å²) in [6.07, 6.45) is 0.326. The molecule has 3 amide bonds. The van der Waals surface area contributed by atoms with Gasteiger partial charge in [0.1, 0.15) is 11.4 Å². The highest BCUT2D eigenvalue weighted by Crippen LogP contribution is 2.19. The van der Waals surface area contributed by atoms with Gasteiger partial charge in [-0.05, 0) is 57.0 Å². The lowest BCUT2D eigenvalue weighted by Gasteiger charge is -2.19. The lowest BCUT2D eigenvalue weighted by molar-refractivity contribution is -0.118. The van der Waals surface area contributed by atoms with Crippen molar-refractivity contribution in [1.82, 2.24) is 5.32 Å². The maximum atomic E-state index is 12.2. The molecule has 3 N–H and O–H groups in total. The van der Waals surface area contributed by atoms with Crippen LogP contribution < -0.4 is 20.7 Å². The number of anilines is 2. The van der Waals surface area contributed by atoms with Crippen molar-refractivity contribution in [2.75, 3.05) is 23.8 Å². The predicted octanol–water partition coefficient (Wildman–Crippen LogP) is 4.12. The number of benzene rings is 2. The molecule has 32 heavy (non-hydrogen) atoms. The molecule has 0 bridgehead atoms. The SMILES string of the molecule is CCc1ccccc1OCC(=O)Nc1cccc(NC(=O)CCNC(=O)OC(C)(C)C)c1. The molecule has 0 radical (unpaired) electrons. The molecule has 0 saturated carbocycles. The van der Waals surface area contributed by atoms with Crippen molar-refractivity contribution >= 4 is 29.3 Å². The molecule has 0 aliphatic heterocycles. The maximum absolute atomic E-state index is 12.2. The number of hydrogen-bond donors (Lipinski definition) is 3. The van der Waals surface area contributed by atoms with E-state index in [2.05, 4.69) is 16.0 Å². The van der Waals surface area contributed by atoms with E-state index in [1.807, 2.05) is 31.2 Å². The standard InChI is InChI=1S/C24H31N3O5/c1-5-17-9-6-7-12-20(17)31-16-22(29)27-19-11-8-10-18(15-19)26-21(28)13-14-25-23(30)32-24(2,3)4/h6-12,15H,5,13-14,16H2,1-4H3,(H,25,30)(H,26,28)(H,27,29). The second kappa shape index (κ2) is 11.7. The Morgan fingerprint density at radius 1 is 0.906 bits per heavy atom. The molecule has 0 unspecified atom stereocenters. The van der Waals surface area contributed by atoms with E-state index in [9.17, 15) is 14.4 Å². The average Bonchev–Trinajstić information content (AvgIpc) is 2.71. The number of hydrogen-bond acceptors (Lipinski definition) is 5. The largest absolute Gasteiger partial charge is 0.483 e. The maximum Gasteiger partial charge on any atom is 0.407 e. The molecule has 172 valence electrons. The van der Waals surface area contributed by atoms with E-state index in [1.54, 1.807) is 45.0 Å². The van der Waals surface area contributed by atoms with Gasteiger partial charge in [0.25, 0.3) is 5.91 Å². The van der Waals surface area contributed by atoms with Crippen LogP contribution in [0.5, 0.6) is 5.75 Å². The molecule has 8 nitrogen and oxygen atoms in total. The summed E-state index contributed by atoms with van der Waals surface area (Å²) in [4.78, 5) is 36.0.